The number of carbonyl (C=O) groups excluding carboxylic acids is 1. The van der Waals surface area contributed by atoms with Crippen molar-refractivity contribution in [1.82, 2.24) is 15.5 Å². The largest absolute Gasteiger partial charge is 0.357 e. The van der Waals surface area contributed by atoms with Crippen LogP contribution in [0.5, 0.6) is 0 Å². The van der Waals surface area contributed by atoms with Crippen molar-refractivity contribution in [2.24, 2.45) is 4.99 Å². The molecule has 2 N–H and O–H groups in total. The summed E-state index contributed by atoms with van der Waals surface area (Å²) in [5.41, 5.74) is 1.59. The second-order valence-electron chi connectivity index (χ2n) is 5.45. The molecule has 0 aliphatic carbocycles. The zero-order valence-corrected chi connectivity index (χ0v) is 13.5. The number of nitriles is 1. The summed E-state index contributed by atoms with van der Waals surface area (Å²) in [6, 6.07) is 9.49. The topological polar surface area (TPSA) is 80.5 Å². The number of likely N-dealkylation sites (tertiary alicyclic amines) is 1. The monoisotopic (exact) mass is 313 g/mol. The molecule has 0 bridgehead atoms. The van der Waals surface area contributed by atoms with E-state index in [1.54, 1.807) is 6.07 Å². The summed E-state index contributed by atoms with van der Waals surface area (Å²) in [4.78, 5) is 18.4. The number of nitrogens with one attached hydrogen (secondary N) is 2. The van der Waals surface area contributed by atoms with E-state index >= 15 is 0 Å². The maximum absolute atomic E-state index is 12.1. The number of amides is 1. The number of guanidine groups is 1. The Morgan fingerprint density at radius 1 is 1.35 bits per heavy atom. The minimum atomic E-state index is 0.111. The van der Waals surface area contributed by atoms with Gasteiger partial charge in [0.25, 0.3) is 0 Å². The molecule has 1 aliphatic rings. The van der Waals surface area contributed by atoms with Crippen LogP contribution >= 0.6 is 0 Å². The van der Waals surface area contributed by atoms with E-state index in [0.717, 1.165) is 38.0 Å². The van der Waals surface area contributed by atoms with Crippen LogP contribution in [-0.2, 0) is 11.3 Å². The van der Waals surface area contributed by atoms with Gasteiger partial charge in [-0.05, 0) is 37.5 Å². The van der Waals surface area contributed by atoms with Crippen molar-refractivity contribution in [3.63, 3.8) is 0 Å². The molecule has 0 aromatic heterocycles. The van der Waals surface area contributed by atoms with Gasteiger partial charge in [0, 0.05) is 19.6 Å². The van der Waals surface area contributed by atoms with E-state index in [1.165, 1.54) is 0 Å². The third-order valence-corrected chi connectivity index (χ3v) is 3.69. The Morgan fingerprint density at radius 3 is 2.83 bits per heavy atom. The molecule has 1 aromatic carbocycles. The van der Waals surface area contributed by atoms with E-state index in [-0.39, 0.29) is 12.5 Å². The average molecular weight is 313 g/mol. The van der Waals surface area contributed by atoms with Crippen molar-refractivity contribution in [2.45, 2.75) is 26.3 Å². The van der Waals surface area contributed by atoms with Crippen molar-refractivity contribution in [1.29, 1.82) is 5.26 Å². The highest BCUT2D eigenvalue weighted by atomic mass is 16.2. The third kappa shape index (κ3) is 5.29. The number of benzene rings is 1. The number of hydrogen-bond donors (Lipinski definition) is 2. The standard InChI is InChI=1S/C17H23N5O/c1-2-19-17(21-13-16(23)22-8-3-4-9-22)20-12-15-7-5-6-14(10-15)11-18/h5-7,10H,2-4,8-9,12-13H2,1H3,(H2,19,20,21). The van der Waals surface area contributed by atoms with Crippen LogP contribution in [-0.4, -0.2) is 42.9 Å². The van der Waals surface area contributed by atoms with Crippen LogP contribution in [0.15, 0.2) is 29.3 Å². The first-order valence-corrected chi connectivity index (χ1v) is 8.02. The van der Waals surface area contributed by atoms with Crippen molar-refractivity contribution in [3.8, 4) is 6.07 Å². The molecule has 122 valence electrons. The Labute approximate surface area is 137 Å². The van der Waals surface area contributed by atoms with Crippen LogP contribution in [0.25, 0.3) is 0 Å². The fraction of sp³-hybridized carbons (Fsp3) is 0.471. The first-order valence-electron chi connectivity index (χ1n) is 8.02. The molecule has 1 aromatic rings. The molecule has 23 heavy (non-hydrogen) atoms. The summed E-state index contributed by atoms with van der Waals surface area (Å²) in [6.45, 7) is 5.13. The number of rotatable bonds is 5. The molecule has 0 unspecified atom stereocenters. The van der Waals surface area contributed by atoms with Crippen LogP contribution < -0.4 is 10.6 Å². The molecule has 1 aliphatic heterocycles. The van der Waals surface area contributed by atoms with Gasteiger partial charge in [-0.25, -0.2) is 4.99 Å². The molecule has 6 heteroatoms. The number of aliphatic imine (C=N–C) groups is 1. The molecule has 2 rings (SSSR count). The average Bonchev–Trinajstić information content (AvgIpc) is 3.12. The lowest BCUT2D eigenvalue weighted by Crippen LogP contribution is -2.44. The zero-order chi connectivity index (χ0) is 16.5. The summed E-state index contributed by atoms with van der Waals surface area (Å²) >= 11 is 0. The Morgan fingerprint density at radius 2 is 2.13 bits per heavy atom. The Bertz CT molecular complexity index is 599. The lowest BCUT2D eigenvalue weighted by Gasteiger charge is -2.17. The normalized spacial score (nSPS) is 14.4. The van der Waals surface area contributed by atoms with E-state index in [0.29, 0.717) is 18.1 Å². The fourth-order valence-electron chi connectivity index (χ4n) is 2.49. The second-order valence-corrected chi connectivity index (χ2v) is 5.45. The minimum absolute atomic E-state index is 0.111. The summed E-state index contributed by atoms with van der Waals surface area (Å²) in [5, 5.41) is 15.1. The number of hydrogen-bond acceptors (Lipinski definition) is 3. The lowest BCUT2D eigenvalue weighted by atomic mass is 10.1. The summed E-state index contributed by atoms with van der Waals surface area (Å²) in [6.07, 6.45) is 2.18. The van der Waals surface area contributed by atoms with Gasteiger partial charge in [-0.15, -0.1) is 0 Å². The van der Waals surface area contributed by atoms with Crippen molar-refractivity contribution < 1.29 is 4.79 Å². The van der Waals surface area contributed by atoms with Gasteiger partial charge in [0.2, 0.25) is 5.91 Å². The minimum Gasteiger partial charge on any atom is -0.357 e. The van der Waals surface area contributed by atoms with E-state index < -0.39 is 0 Å². The SMILES string of the molecule is CCNC(=NCc1cccc(C#N)c1)NCC(=O)N1CCCC1. The van der Waals surface area contributed by atoms with Crippen LogP contribution in [0.3, 0.4) is 0 Å². The number of nitrogens with zero attached hydrogens (tertiary/aromatic N) is 3. The molecule has 0 spiro atoms. The van der Waals surface area contributed by atoms with E-state index in [2.05, 4.69) is 21.7 Å². The van der Waals surface area contributed by atoms with Crippen molar-refractivity contribution in [3.05, 3.63) is 35.4 Å². The number of carbonyl (C=O) groups is 1. The van der Waals surface area contributed by atoms with E-state index in [4.69, 9.17) is 5.26 Å². The van der Waals surface area contributed by atoms with Crippen LogP contribution in [0.4, 0.5) is 0 Å². The quantitative estimate of drug-likeness (QED) is 0.633. The second kappa shape index (κ2) is 8.79. The molecule has 0 atom stereocenters. The van der Waals surface area contributed by atoms with Gasteiger partial charge in [-0.2, -0.15) is 5.26 Å². The van der Waals surface area contributed by atoms with Crippen LogP contribution in [0, 0.1) is 11.3 Å². The maximum atomic E-state index is 12.1. The molecular weight excluding hydrogens is 290 g/mol. The molecule has 0 saturated carbocycles. The third-order valence-electron chi connectivity index (χ3n) is 3.69. The molecule has 1 amide bonds. The summed E-state index contributed by atoms with van der Waals surface area (Å²) in [7, 11) is 0. The first kappa shape index (κ1) is 16.8. The maximum Gasteiger partial charge on any atom is 0.241 e. The summed E-state index contributed by atoms with van der Waals surface area (Å²) in [5.74, 6) is 0.724. The highest BCUT2D eigenvalue weighted by molar-refractivity contribution is 5.86. The van der Waals surface area contributed by atoms with Crippen LogP contribution in [0.1, 0.15) is 30.9 Å². The van der Waals surface area contributed by atoms with Gasteiger partial charge in [-0.1, -0.05) is 12.1 Å². The molecule has 1 fully saturated rings. The Kier molecular flexibility index (Phi) is 6.42. The van der Waals surface area contributed by atoms with Gasteiger partial charge in [-0.3, -0.25) is 4.79 Å². The smallest absolute Gasteiger partial charge is 0.241 e. The molecule has 6 nitrogen and oxygen atoms in total. The van der Waals surface area contributed by atoms with Gasteiger partial charge in [0.05, 0.1) is 24.7 Å². The highest BCUT2D eigenvalue weighted by Crippen LogP contribution is 2.07. The molecule has 0 radical (unpaired) electrons. The van der Waals surface area contributed by atoms with Crippen LogP contribution in [0.2, 0.25) is 0 Å². The lowest BCUT2D eigenvalue weighted by molar-refractivity contribution is -0.128. The summed E-state index contributed by atoms with van der Waals surface area (Å²) < 4.78 is 0. The van der Waals surface area contributed by atoms with Gasteiger partial charge < -0.3 is 15.5 Å². The predicted molar refractivity (Wildman–Crippen MR) is 89.8 cm³/mol. The van der Waals surface area contributed by atoms with Crippen molar-refractivity contribution >= 4 is 11.9 Å². The van der Waals surface area contributed by atoms with E-state index in [1.807, 2.05) is 30.0 Å². The van der Waals surface area contributed by atoms with Gasteiger partial charge >= 0.3 is 0 Å². The molecule has 1 heterocycles. The zero-order valence-electron chi connectivity index (χ0n) is 13.5. The Balaban J connectivity index is 1.91. The predicted octanol–water partition coefficient (Wildman–Crippen LogP) is 1.24. The Hall–Kier alpha value is -2.55. The first-order chi connectivity index (χ1) is 11.2. The molecule has 1 saturated heterocycles. The van der Waals surface area contributed by atoms with Crippen molar-refractivity contribution in [2.75, 3.05) is 26.2 Å². The van der Waals surface area contributed by atoms with E-state index in [9.17, 15) is 4.79 Å². The van der Waals surface area contributed by atoms with Gasteiger partial charge in [0.15, 0.2) is 5.96 Å². The fourth-order valence-corrected chi connectivity index (χ4v) is 2.49. The molecular formula is C17H23N5O. The highest BCUT2D eigenvalue weighted by Gasteiger charge is 2.17. The van der Waals surface area contributed by atoms with Gasteiger partial charge in [0.1, 0.15) is 0 Å².